The van der Waals surface area contributed by atoms with E-state index in [1.54, 1.807) is 22.8 Å². The van der Waals surface area contributed by atoms with Crippen molar-refractivity contribution in [3.63, 3.8) is 0 Å². The smallest absolute Gasteiger partial charge is 0.244 e. The van der Waals surface area contributed by atoms with Gasteiger partial charge in [0.1, 0.15) is 6.54 Å². The molecule has 0 fully saturated rings. The molecule has 4 rings (SSSR count). The lowest BCUT2D eigenvalue weighted by Gasteiger charge is -2.09. The minimum Gasteiger partial charge on any atom is -0.379 e. The average Bonchev–Trinajstić information content (AvgIpc) is 3.22. The molecule has 0 radical (unpaired) electrons. The molecule has 2 aromatic heterocycles. The highest BCUT2D eigenvalue weighted by Gasteiger charge is 2.20. The number of hydrogen-bond donors (Lipinski definition) is 2. The number of amides is 1. The molecule has 0 aliphatic carbocycles. The second kappa shape index (κ2) is 6.90. The van der Waals surface area contributed by atoms with E-state index in [0.29, 0.717) is 27.1 Å². The van der Waals surface area contributed by atoms with Crippen molar-refractivity contribution >= 4 is 51.6 Å². The van der Waals surface area contributed by atoms with Crippen LogP contribution in [0.25, 0.3) is 22.6 Å². The molecule has 0 aliphatic rings. The van der Waals surface area contributed by atoms with Gasteiger partial charge in [0, 0.05) is 5.69 Å². The Hall–Kier alpha value is -3.10. The number of para-hydroxylation sites is 2. The van der Waals surface area contributed by atoms with Crippen LogP contribution in [-0.4, -0.2) is 25.8 Å². The molecule has 0 unspecified atom stereocenters. The van der Waals surface area contributed by atoms with E-state index in [1.165, 1.54) is 0 Å². The number of halogens is 2. The lowest BCUT2D eigenvalue weighted by molar-refractivity contribution is -0.116. The number of rotatable bonds is 4. The van der Waals surface area contributed by atoms with Crippen LogP contribution in [0.3, 0.4) is 0 Å². The summed E-state index contributed by atoms with van der Waals surface area (Å²) in [5, 5.41) is 10.9. The molecule has 8 nitrogen and oxygen atoms in total. The summed E-state index contributed by atoms with van der Waals surface area (Å²) in [6.07, 6.45) is 0. The van der Waals surface area contributed by atoms with Crippen molar-refractivity contribution < 1.29 is 9.42 Å². The van der Waals surface area contributed by atoms with Gasteiger partial charge < -0.3 is 15.6 Å². The molecule has 2 heterocycles. The van der Waals surface area contributed by atoms with Gasteiger partial charge in [0.05, 0.1) is 21.1 Å². The van der Waals surface area contributed by atoms with Crippen molar-refractivity contribution in [2.45, 2.75) is 6.54 Å². The summed E-state index contributed by atoms with van der Waals surface area (Å²) < 4.78 is 6.36. The highest BCUT2D eigenvalue weighted by Crippen LogP contribution is 2.27. The maximum atomic E-state index is 12.6. The predicted molar refractivity (Wildman–Crippen MR) is 103 cm³/mol. The van der Waals surface area contributed by atoms with Crippen molar-refractivity contribution in [2.75, 3.05) is 11.1 Å². The van der Waals surface area contributed by atoms with Crippen molar-refractivity contribution in [3.8, 4) is 11.5 Å². The number of hydrogen-bond acceptors (Lipinski definition) is 6. The van der Waals surface area contributed by atoms with Gasteiger partial charge in [-0.1, -0.05) is 35.3 Å². The van der Waals surface area contributed by atoms with Crippen LogP contribution in [-0.2, 0) is 11.3 Å². The number of aromatic nitrogens is 4. The van der Waals surface area contributed by atoms with Crippen molar-refractivity contribution in [1.29, 1.82) is 0 Å². The number of nitrogens with two attached hydrogens (primary N) is 1. The van der Waals surface area contributed by atoms with Crippen molar-refractivity contribution in [3.05, 3.63) is 52.5 Å². The van der Waals surface area contributed by atoms with E-state index < -0.39 is 0 Å². The van der Waals surface area contributed by atoms with Gasteiger partial charge in [0.2, 0.25) is 5.91 Å². The standard InChI is InChI=1S/C17H12Cl2N6O2/c18-10-6-5-9(7-11(10)19)21-14(26)8-25-13-4-2-1-3-12(13)22-17(25)15-16(20)24-27-23-15/h1-7H,8H2,(H2,20,24)(H,21,26). The zero-order valence-electron chi connectivity index (χ0n) is 13.7. The number of carbonyl (C=O) groups excluding carboxylic acids is 1. The molecule has 1 amide bonds. The SMILES string of the molecule is Nc1nonc1-c1nc2ccccc2n1CC(=O)Nc1ccc(Cl)c(Cl)c1. The zero-order valence-corrected chi connectivity index (χ0v) is 15.2. The van der Waals surface area contributed by atoms with Crippen molar-refractivity contribution in [1.82, 2.24) is 19.9 Å². The Morgan fingerprint density at radius 3 is 2.70 bits per heavy atom. The van der Waals surface area contributed by atoms with Crippen LogP contribution in [0.15, 0.2) is 47.1 Å². The summed E-state index contributed by atoms with van der Waals surface area (Å²) in [6.45, 7) is -0.0254. The summed E-state index contributed by atoms with van der Waals surface area (Å²) in [7, 11) is 0. The molecule has 0 saturated carbocycles. The topological polar surface area (TPSA) is 112 Å². The van der Waals surface area contributed by atoms with Gasteiger partial charge in [0.15, 0.2) is 17.3 Å². The highest BCUT2D eigenvalue weighted by atomic mass is 35.5. The van der Waals surface area contributed by atoms with Crippen LogP contribution >= 0.6 is 23.2 Å². The average molecular weight is 403 g/mol. The Morgan fingerprint density at radius 1 is 1.15 bits per heavy atom. The molecule has 4 aromatic rings. The molecule has 3 N–H and O–H groups in total. The van der Waals surface area contributed by atoms with Crippen LogP contribution in [0, 0.1) is 0 Å². The normalized spacial score (nSPS) is 11.0. The first-order valence-electron chi connectivity index (χ1n) is 7.81. The summed E-state index contributed by atoms with van der Waals surface area (Å²) >= 11 is 11.9. The third-order valence-electron chi connectivity index (χ3n) is 3.89. The van der Waals surface area contributed by atoms with E-state index >= 15 is 0 Å². The molecule has 0 aliphatic heterocycles. The van der Waals surface area contributed by atoms with E-state index in [4.69, 9.17) is 28.9 Å². The number of nitrogen functional groups attached to an aromatic ring is 1. The highest BCUT2D eigenvalue weighted by molar-refractivity contribution is 6.42. The van der Waals surface area contributed by atoms with Crippen LogP contribution in [0.4, 0.5) is 11.5 Å². The Kier molecular flexibility index (Phi) is 4.43. The number of nitrogens with one attached hydrogen (secondary N) is 1. The molecule has 0 bridgehead atoms. The van der Waals surface area contributed by atoms with E-state index in [-0.39, 0.29) is 24.0 Å². The zero-order chi connectivity index (χ0) is 19.0. The summed E-state index contributed by atoms with van der Waals surface area (Å²) in [5.74, 6) is 0.198. The molecule has 2 aromatic carbocycles. The number of anilines is 2. The van der Waals surface area contributed by atoms with E-state index in [2.05, 4.69) is 25.2 Å². The lowest BCUT2D eigenvalue weighted by atomic mass is 10.3. The third kappa shape index (κ3) is 3.32. The first kappa shape index (κ1) is 17.3. The predicted octanol–water partition coefficient (Wildman–Crippen LogP) is 3.61. The van der Waals surface area contributed by atoms with E-state index in [9.17, 15) is 4.79 Å². The van der Waals surface area contributed by atoms with Gasteiger partial charge in [0.25, 0.3) is 0 Å². The number of imidazole rings is 1. The fraction of sp³-hybridized carbons (Fsp3) is 0.0588. The third-order valence-corrected chi connectivity index (χ3v) is 4.62. The molecule has 0 spiro atoms. The van der Waals surface area contributed by atoms with E-state index in [1.807, 2.05) is 24.3 Å². The van der Waals surface area contributed by atoms with Crippen LogP contribution < -0.4 is 11.1 Å². The molecule has 0 saturated heterocycles. The minimum absolute atomic E-state index is 0.0254. The fourth-order valence-corrected chi connectivity index (χ4v) is 2.98. The number of benzene rings is 2. The van der Waals surface area contributed by atoms with Gasteiger partial charge in [-0.05, 0) is 40.6 Å². The number of carbonyl (C=O) groups is 1. The Bertz CT molecular complexity index is 1150. The first-order valence-corrected chi connectivity index (χ1v) is 8.57. The van der Waals surface area contributed by atoms with Gasteiger partial charge in [-0.15, -0.1) is 0 Å². The minimum atomic E-state index is -0.284. The van der Waals surface area contributed by atoms with Gasteiger partial charge in [-0.25, -0.2) is 9.61 Å². The van der Waals surface area contributed by atoms with E-state index in [0.717, 1.165) is 5.52 Å². The Labute approximate surface area is 162 Å². The van der Waals surface area contributed by atoms with Crippen molar-refractivity contribution in [2.24, 2.45) is 0 Å². The molecule has 27 heavy (non-hydrogen) atoms. The number of nitrogens with zero attached hydrogens (tertiary/aromatic N) is 4. The fourth-order valence-electron chi connectivity index (χ4n) is 2.68. The number of fused-ring (bicyclic) bond motifs is 1. The largest absolute Gasteiger partial charge is 0.379 e. The maximum Gasteiger partial charge on any atom is 0.244 e. The monoisotopic (exact) mass is 402 g/mol. The second-order valence-electron chi connectivity index (χ2n) is 5.69. The van der Waals surface area contributed by atoms with Crippen LogP contribution in [0.2, 0.25) is 10.0 Å². The summed E-state index contributed by atoms with van der Waals surface area (Å²) in [5.41, 5.74) is 8.04. The first-order chi connectivity index (χ1) is 13.0. The maximum absolute atomic E-state index is 12.6. The molecular formula is C17H12Cl2N6O2. The summed E-state index contributed by atoms with van der Waals surface area (Å²) in [4.78, 5) is 17.1. The lowest BCUT2D eigenvalue weighted by Crippen LogP contribution is -2.19. The quantitative estimate of drug-likeness (QED) is 0.538. The molecule has 136 valence electrons. The van der Waals surface area contributed by atoms with Crippen LogP contribution in [0.1, 0.15) is 0 Å². The van der Waals surface area contributed by atoms with Gasteiger partial charge >= 0.3 is 0 Å². The van der Waals surface area contributed by atoms with Gasteiger partial charge in [-0.3, -0.25) is 4.79 Å². The van der Waals surface area contributed by atoms with Crippen LogP contribution in [0.5, 0.6) is 0 Å². The summed E-state index contributed by atoms with van der Waals surface area (Å²) in [6, 6.07) is 12.2. The molecular weight excluding hydrogens is 391 g/mol. The molecule has 0 atom stereocenters. The molecule has 10 heteroatoms. The Morgan fingerprint density at radius 2 is 1.96 bits per heavy atom. The second-order valence-corrected chi connectivity index (χ2v) is 6.50. The van der Waals surface area contributed by atoms with Gasteiger partial charge in [-0.2, -0.15) is 0 Å². The Balaban J connectivity index is 1.69.